The highest BCUT2D eigenvalue weighted by Crippen LogP contribution is 2.39. The fraction of sp³-hybridized carbons (Fsp3) is 0.269. The summed E-state index contributed by atoms with van der Waals surface area (Å²) >= 11 is 13.4. The number of hydrogen-bond donors (Lipinski definition) is 1. The predicted octanol–water partition coefficient (Wildman–Crippen LogP) is 8.26. The van der Waals surface area contributed by atoms with E-state index < -0.39 is 23.4 Å². The maximum absolute atomic E-state index is 13.0. The highest BCUT2D eigenvalue weighted by atomic mass is 35.5. The molecule has 0 aliphatic carbocycles. The van der Waals surface area contributed by atoms with Crippen molar-refractivity contribution in [3.8, 4) is 11.5 Å². The van der Waals surface area contributed by atoms with Gasteiger partial charge < -0.3 is 14.8 Å². The van der Waals surface area contributed by atoms with Crippen molar-refractivity contribution in [2.75, 3.05) is 5.32 Å². The Morgan fingerprint density at radius 1 is 1.00 bits per heavy atom. The number of carbonyl (C=O) groups is 1. The number of nitrogens with zero attached hydrogens (tertiary/aromatic N) is 2. The Morgan fingerprint density at radius 2 is 1.68 bits per heavy atom. The van der Waals surface area contributed by atoms with Crippen LogP contribution in [0, 0.1) is 0 Å². The van der Waals surface area contributed by atoms with Crippen molar-refractivity contribution in [2.45, 2.75) is 45.6 Å². The molecule has 1 N–H and O–H groups in total. The number of hydrogen-bond acceptors (Lipinski definition) is 6. The molecule has 4 aromatic rings. The first-order valence-electron chi connectivity index (χ1n) is 11.3. The van der Waals surface area contributed by atoms with Gasteiger partial charge >= 0.3 is 6.36 Å². The van der Waals surface area contributed by atoms with E-state index in [0.29, 0.717) is 37.1 Å². The zero-order valence-electron chi connectivity index (χ0n) is 20.6. The third-order valence-corrected chi connectivity index (χ3v) is 6.95. The third-order valence-electron chi connectivity index (χ3n) is 5.52. The van der Waals surface area contributed by atoms with E-state index in [0.717, 1.165) is 11.3 Å². The average molecular weight is 584 g/mol. The quantitative estimate of drug-likeness (QED) is 0.237. The zero-order chi connectivity index (χ0) is 27.8. The largest absolute Gasteiger partial charge is 0.573 e. The molecule has 200 valence electrons. The van der Waals surface area contributed by atoms with Gasteiger partial charge in [-0.25, -0.2) is 9.97 Å². The molecule has 2 aromatic carbocycles. The van der Waals surface area contributed by atoms with Gasteiger partial charge in [-0.2, -0.15) is 0 Å². The van der Waals surface area contributed by atoms with Gasteiger partial charge in [0.25, 0.3) is 5.91 Å². The van der Waals surface area contributed by atoms with E-state index in [9.17, 15) is 18.0 Å². The van der Waals surface area contributed by atoms with Crippen molar-refractivity contribution in [2.24, 2.45) is 0 Å². The molecule has 2 aromatic heterocycles. The van der Waals surface area contributed by atoms with Crippen LogP contribution in [-0.2, 0) is 5.41 Å². The van der Waals surface area contributed by atoms with Gasteiger partial charge in [0, 0.05) is 22.2 Å². The van der Waals surface area contributed by atoms with Crippen LogP contribution in [0.4, 0.5) is 18.9 Å². The Morgan fingerprint density at radius 3 is 2.37 bits per heavy atom. The van der Waals surface area contributed by atoms with Gasteiger partial charge in [0.2, 0.25) is 0 Å². The van der Waals surface area contributed by atoms with Gasteiger partial charge in [-0.15, -0.1) is 24.5 Å². The molecule has 0 bridgehead atoms. The maximum Gasteiger partial charge on any atom is 0.573 e. The summed E-state index contributed by atoms with van der Waals surface area (Å²) in [5, 5.41) is 3.37. The summed E-state index contributed by atoms with van der Waals surface area (Å²) < 4.78 is 48.9. The number of halogens is 5. The minimum atomic E-state index is -4.87. The van der Waals surface area contributed by atoms with Crippen molar-refractivity contribution in [3.05, 3.63) is 74.8 Å². The fourth-order valence-electron chi connectivity index (χ4n) is 3.76. The number of thiophene rings is 1. The third kappa shape index (κ3) is 6.67. The SMILES string of the molecule is CC(C)Oc1cc(OC(F)(F)F)cc(C(C)(C)c2cc(Cl)cc(NC(=O)c3cc4nc(Cl)cnc4s3)c2)c1. The summed E-state index contributed by atoms with van der Waals surface area (Å²) in [6.07, 6.45) is -3.73. The zero-order valence-corrected chi connectivity index (χ0v) is 22.9. The van der Waals surface area contributed by atoms with E-state index in [1.807, 2.05) is 13.8 Å². The molecule has 0 saturated carbocycles. The molecular weight excluding hydrogens is 562 g/mol. The molecular formula is C26H22Cl2F3N3O3S. The van der Waals surface area contributed by atoms with E-state index in [-0.39, 0.29) is 17.0 Å². The number of fused-ring (bicyclic) bond motifs is 1. The van der Waals surface area contributed by atoms with Crippen LogP contribution < -0.4 is 14.8 Å². The Kier molecular flexibility index (Phi) is 7.79. The van der Waals surface area contributed by atoms with Crippen LogP contribution in [0.1, 0.15) is 48.5 Å². The normalized spacial score (nSPS) is 12.2. The lowest BCUT2D eigenvalue weighted by molar-refractivity contribution is -0.274. The Hall–Kier alpha value is -3.08. The van der Waals surface area contributed by atoms with Gasteiger partial charge in [-0.3, -0.25) is 4.79 Å². The molecule has 4 rings (SSSR count). The molecule has 1 amide bonds. The number of anilines is 1. The lowest BCUT2D eigenvalue weighted by Gasteiger charge is -2.28. The number of rotatable bonds is 7. The van der Waals surface area contributed by atoms with Crippen LogP contribution in [0.2, 0.25) is 10.2 Å². The molecule has 0 unspecified atom stereocenters. The smallest absolute Gasteiger partial charge is 0.491 e. The second kappa shape index (κ2) is 10.6. The number of amides is 1. The molecule has 2 heterocycles. The number of benzene rings is 2. The topological polar surface area (TPSA) is 73.3 Å². The molecule has 0 radical (unpaired) electrons. The summed E-state index contributed by atoms with van der Waals surface area (Å²) in [6.45, 7) is 7.18. The van der Waals surface area contributed by atoms with Crippen LogP contribution in [0.3, 0.4) is 0 Å². The van der Waals surface area contributed by atoms with Crippen LogP contribution in [0.15, 0.2) is 48.7 Å². The number of ether oxygens (including phenoxy) is 2. The standard InChI is InChI=1S/C26H22Cl2F3N3O3S/c1-13(2)36-18-7-15(8-19(10-18)37-26(29,30)31)25(3,4)14-5-16(27)9-17(6-14)33-23(35)21-11-20-24(38-21)32-12-22(28)34-20/h5-13H,1-4H3,(H,33,35). The molecule has 0 saturated heterocycles. The summed E-state index contributed by atoms with van der Waals surface area (Å²) in [7, 11) is 0. The van der Waals surface area contributed by atoms with Gasteiger partial charge in [-0.1, -0.05) is 37.0 Å². The van der Waals surface area contributed by atoms with E-state index in [1.165, 1.54) is 18.3 Å². The molecule has 6 nitrogen and oxygen atoms in total. The number of aromatic nitrogens is 2. The molecule has 0 aliphatic heterocycles. The first-order chi connectivity index (χ1) is 17.7. The summed E-state index contributed by atoms with van der Waals surface area (Å²) in [5.41, 5.74) is 1.19. The van der Waals surface area contributed by atoms with Crippen molar-refractivity contribution in [1.82, 2.24) is 9.97 Å². The van der Waals surface area contributed by atoms with Gasteiger partial charge in [-0.05, 0) is 61.4 Å². The second-order valence-electron chi connectivity index (χ2n) is 9.21. The van der Waals surface area contributed by atoms with E-state index >= 15 is 0 Å². The number of nitrogens with one attached hydrogen (secondary N) is 1. The lowest BCUT2D eigenvalue weighted by Crippen LogP contribution is -2.22. The first kappa shape index (κ1) is 27.9. The van der Waals surface area contributed by atoms with Crippen molar-refractivity contribution >= 4 is 56.5 Å². The fourth-order valence-corrected chi connectivity index (χ4v) is 4.97. The van der Waals surface area contributed by atoms with Crippen molar-refractivity contribution in [3.63, 3.8) is 0 Å². The average Bonchev–Trinajstić information content (AvgIpc) is 3.20. The van der Waals surface area contributed by atoms with E-state index in [1.54, 1.807) is 44.2 Å². The molecule has 0 fully saturated rings. The van der Waals surface area contributed by atoms with Crippen LogP contribution >= 0.6 is 34.5 Å². The maximum atomic E-state index is 13.0. The monoisotopic (exact) mass is 583 g/mol. The van der Waals surface area contributed by atoms with Crippen LogP contribution in [0.5, 0.6) is 11.5 Å². The lowest BCUT2D eigenvalue weighted by atomic mass is 9.78. The highest BCUT2D eigenvalue weighted by molar-refractivity contribution is 7.20. The van der Waals surface area contributed by atoms with Crippen molar-refractivity contribution in [1.29, 1.82) is 0 Å². The van der Waals surface area contributed by atoms with Crippen LogP contribution in [-0.4, -0.2) is 28.3 Å². The van der Waals surface area contributed by atoms with Gasteiger partial charge in [0.15, 0.2) is 0 Å². The molecule has 0 aliphatic rings. The highest BCUT2D eigenvalue weighted by Gasteiger charge is 2.33. The first-order valence-corrected chi connectivity index (χ1v) is 12.9. The van der Waals surface area contributed by atoms with E-state index in [2.05, 4.69) is 20.0 Å². The second-order valence-corrected chi connectivity index (χ2v) is 11.1. The molecule has 0 spiro atoms. The van der Waals surface area contributed by atoms with E-state index in [4.69, 9.17) is 27.9 Å². The molecule has 38 heavy (non-hydrogen) atoms. The number of carbonyl (C=O) groups excluding carboxylic acids is 1. The van der Waals surface area contributed by atoms with Crippen LogP contribution in [0.25, 0.3) is 10.3 Å². The molecule has 12 heteroatoms. The summed E-state index contributed by atoms with van der Waals surface area (Å²) in [6, 6.07) is 10.7. The number of alkyl halides is 3. The minimum Gasteiger partial charge on any atom is -0.491 e. The predicted molar refractivity (Wildman–Crippen MR) is 143 cm³/mol. The van der Waals surface area contributed by atoms with Crippen molar-refractivity contribution < 1.29 is 27.4 Å². The van der Waals surface area contributed by atoms with Gasteiger partial charge in [0.1, 0.15) is 27.0 Å². The minimum absolute atomic E-state index is 0.218. The Balaban J connectivity index is 1.67. The summed E-state index contributed by atoms with van der Waals surface area (Å²) in [4.78, 5) is 22.2. The van der Waals surface area contributed by atoms with Gasteiger partial charge in [0.05, 0.1) is 17.2 Å². The molecule has 0 atom stereocenters. The Bertz CT molecular complexity index is 1510. The summed E-state index contributed by atoms with van der Waals surface area (Å²) in [5.74, 6) is -0.570. The Labute approximate surface area is 230 Å².